The highest BCUT2D eigenvalue weighted by Gasteiger charge is 2.32. The van der Waals surface area contributed by atoms with Gasteiger partial charge < -0.3 is 10.2 Å². The van der Waals surface area contributed by atoms with Crippen molar-refractivity contribution in [1.82, 2.24) is 10.2 Å². The second kappa shape index (κ2) is 12.6. The minimum absolute atomic E-state index is 0.0419. The van der Waals surface area contributed by atoms with Gasteiger partial charge in [0.2, 0.25) is 21.8 Å². The Bertz CT molecular complexity index is 1150. The fraction of sp³-hybridized carbons (Fsp3) is 0.440. The molecule has 0 aliphatic rings. The van der Waals surface area contributed by atoms with E-state index in [9.17, 15) is 18.0 Å². The number of sulfonamides is 1. The minimum atomic E-state index is -3.81. The Morgan fingerprint density at radius 3 is 2.23 bits per heavy atom. The van der Waals surface area contributed by atoms with Crippen LogP contribution in [0.15, 0.2) is 36.4 Å². The number of halogens is 2. The molecule has 0 aliphatic carbocycles. The van der Waals surface area contributed by atoms with Crippen LogP contribution in [-0.4, -0.2) is 50.5 Å². The molecule has 0 saturated heterocycles. The van der Waals surface area contributed by atoms with Crippen LogP contribution in [0.2, 0.25) is 10.0 Å². The zero-order valence-corrected chi connectivity index (χ0v) is 23.1. The summed E-state index contributed by atoms with van der Waals surface area (Å²) >= 11 is 12.7. The zero-order chi connectivity index (χ0) is 26.3. The van der Waals surface area contributed by atoms with Gasteiger partial charge in [-0.15, -0.1) is 0 Å². The molecule has 0 aromatic heterocycles. The first-order valence-corrected chi connectivity index (χ1v) is 14.1. The van der Waals surface area contributed by atoms with Crippen LogP contribution in [0.25, 0.3) is 0 Å². The van der Waals surface area contributed by atoms with Gasteiger partial charge in [-0.3, -0.25) is 13.9 Å². The molecule has 1 atom stereocenters. The summed E-state index contributed by atoms with van der Waals surface area (Å²) < 4.78 is 26.6. The monoisotopic (exact) mass is 541 g/mol. The van der Waals surface area contributed by atoms with Gasteiger partial charge in [-0.2, -0.15) is 0 Å². The Balaban J connectivity index is 2.53. The van der Waals surface area contributed by atoms with Gasteiger partial charge in [-0.1, -0.05) is 55.2 Å². The van der Waals surface area contributed by atoms with Crippen LogP contribution < -0.4 is 9.62 Å². The van der Waals surface area contributed by atoms with E-state index >= 15 is 0 Å². The number of carbonyl (C=O) groups excluding carboxylic acids is 2. The van der Waals surface area contributed by atoms with Crippen molar-refractivity contribution in [3.63, 3.8) is 0 Å². The summed E-state index contributed by atoms with van der Waals surface area (Å²) in [6.07, 6.45) is 2.12. The van der Waals surface area contributed by atoms with Crippen molar-refractivity contribution < 1.29 is 18.0 Å². The van der Waals surface area contributed by atoms with Gasteiger partial charge in [0, 0.05) is 28.7 Å². The molecule has 0 bridgehead atoms. The molecule has 0 radical (unpaired) electrons. The number of anilines is 1. The Morgan fingerprint density at radius 1 is 1.06 bits per heavy atom. The van der Waals surface area contributed by atoms with E-state index in [1.807, 2.05) is 26.0 Å². The highest BCUT2D eigenvalue weighted by atomic mass is 35.5. The number of benzene rings is 2. The standard InChI is InChI=1S/C25H33Cl2N3O4S/c1-6-13-28-25(32)22(7-2)29(15-19-20(26)9-8-10-21(19)27)24(31)16-30(35(5,33)34)23-14-17(3)11-12-18(23)4/h8-12,14,22H,6-7,13,15-16H2,1-5H3,(H,28,32)/t22-/m0/s1. The molecule has 1 N–H and O–H groups in total. The Kier molecular flexibility index (Phi) is 10.4. The number of hydrogen-bond donors (Lipinski definition) is 1. The van der Waals surface area contributed by atoms with E-state index in [1.165, 1.54) is 4.90 Å². The van der Waals surface area contributed by atoms with E-state index in [2.05, 4.69) is 5.32 Å². The molecule has 0 unspecified atom stereocenters. The third kappa shape index (κ3) is 7.59. The maximum absolute atomic E-state index is 13.7. The fourth-order valence-electron chi connectivity index (χ4n) is 3.72. The number of rotatable bonds is 11. The predicted molar refractivity (Wildman–Crippen MR) is 142 cm³/mol. The van der Waals surface area contributed by atoms with Crippen molar-refractivity contribution in [3.8, 4) is 0 Å². The van der Waals surface area contributed by atoms with E-state index in [-0.39, 0.29) is 12.5 Å². The highest BCUT2D eigenvalue weighted by Crippen LogP contribution is 2.28. The molecule has 2 aromatic carbocycles. The third-order valence-corrected chi connectivity index (χ3v) is 7.47. The lowest BCUT2D eigenvalue weighted by Gasteiger charge is -2.33. The molecule has 0 heterocycles. The summed E-state index contributed by atoms with van der Waals surface area (Å²) in [5.74, 6) is -0.852. The van der Waals surface area contributed by atoms with Gasteiger partial charge in [0.15, 0.2) is 0 Å². The molecule has 2 aromatic rings. The fourth-order valence-corrected chi connectivity index (χ4v) is 5.14. The zero-order valence-electron chi connectivity index (χ0n) is 20.8. The first-order valence-electron chi connectivity index (χ1n) is 11.5. The average Bonchev–Trinajstić information content (AvgIpc) is 2.78. The van der Waals surface area contributed by atoms with Crippen LogP contribution >= 0.6 is 23.2 Å². The molecule has 7 nitrogen and oxygen atoms in total. The lowest BCUT2D eigenvalue weighted by atomic mass is 10.1. The number of carbonyl (C=O) groups is 2. The van der Waals surface area contributed by atoms with Crippen molar-refractivity contribution in [2.45, 2.75) is 53.1 Å². The van der Waals surface area contributed by atoms with Crippen LogP contribution in [0.4, 0.5) is 5.69 Å². The maximum Gasteiger partial charge on any atom is 0.244 e. The van der Waals surface area contributed by atoms with Gasteiger partial charge >= 0.3 is 0 Å². The van der Waals surface area contributed by atoms with E-state index in [1.54, 1.807) is 38.1 Å². The van der Waals surface area contributed by atoms with E-state index in [0.717, 1.165) is 22.5 Å². The van der Waals surface area contributed by atoms with Gasteiger partial charge in [-0.05, 0) is 56.0 Å². The molecule has 192 valence electrons. The largest absolute Gasteiger partial charge is 0.354 e. The van der Waals surface area contributed by atoms with Crippen molar-refractivity contribution >= 4 is 50.7 Å². The van der Waals surface area contributed by atoms with E-state index in [4.69, 9.17) is 23.2 Å². The second-order valence-electron chi connectivity index (χ2n) is 8.50. The highest BCUT2D eigenvalue weighted by molar-refractivity contribution is 7.92. The van der Waals surface area contributed by atoms with Crippen molar-refractivity contribution in [2.24, 2.45) is 0 Å². The Hall–Kier alpha value is -2.29. The van der Waals surface area contributed by atoms with Crippen molar-refractivity contribution in [2.75, 3.05) is 23.7 Å². The van der Waals surface area contributed by atoms with Crippen molar-refractivity contribution in [1.29, 1.82) is 0 Å². The number of amides is 2. The normalized spacial score (nSPS) is 12.2. The number of aryl methyl sites for hydroxylation is 2. The summed E-state index contributed by atoms with van der Waals surface area (Å²) in [5.41, 5.74) is 2.47. The second-order valence-corrected chi connectivity index (χ2v) is 11.2. The van der Waals surface area contributed by atoms with Crippen LogP contribution in [0.5, 0.6) is 0 Å². The lowest BCUT2D eigenvalue weighted by Crippen LogP contribution is -2.52. The number of nitrogens with zero attached hydrogens (tertiary/aromatic N) is 2. The van der Waals surface area contributed by atoms with Gasteiger partial charge in [-0.25, -0.2) is 8.42 Å². The summed E-state index contributed by atoms with van der Waals surface area (Å²) in [6.45, 7) is 7.31. The molecule has 2 rings (SSSR count). The maximum atomic E-state index is 13.7. The van der Waals surface area contributed by atoms with E-state index in [0.29, 0.717) is 39.8 Å². The van der Waals surface area contributed by atoms with Crippen LogP contribution in [0.1, 0.15) is 43.4 Å². The van der Waals surface area contributed by atoms with Gasteiger partial charge in [0.25, 0.3) is 0 Å². The number of nitrogens with one attached hydrogen (secondary N) is 1. The number of hydrogen-bond acceptors (Lipinski definition) is 4. The molecule has 0 aliphatic heterocycles. The molecule has 35 heavy (non-hydrogen) atoms. The SMILES string of the molecule is CCCNC(=O)[C@H](CC)N(Cc1c(Cl)cccc1Cl)C(=O)CN(c1cc(C)ccc1C)S(C)(=O)=O. The molecular weight excluding hydrogens is 509 g/mol. The predicted octanol–water partition coefficient (Wildman–Crippen LogP) is 4.71. The summed E-state index contributed by atoms with van der Waals surface area (Å²) in [7, 11) is -3.81. The molecular formula is C25H33Cl2N3O4S. The van der Waals surface area contributed by atoms with Crippen LogP contribution in [0.3, 0.4) is 0 Å². The molecule has 0 spiro atoms. The van der Waals surface area contributed by atoms with Gasteiger partial charge in [0.05, 0.1) is 11.9 Å². The summed E-state index contributed by atoms with van der Waals surface area (Å²) in [4.78, 5) is 28.1. The minimum Gasteiger partial charge on any atom is -0.354 e. The van der Waals surface area contributed by atoms with Crippen LogP contribution in [0, 0.1) is 13.8 Å². The quantitative estimate of drug-likeness (QED) is 0.446. The lowest BCUT2D eigenvalue weighted by molar-refractivity contribution is -0.140. The first kappa shape index (κ1) is 28.9. The van der Waals surface area contributed by atoms with E-state index < -0.39 is 28.5 Å². The summed E-state index contributed by atoms with van der Waals surface area (Å²) in [6, 6.07) is 9.58. The molecule has 0 fully saturated rings. The molecule has 0 saturated carbocycles. The summed E-state index contributed by atoms with van der Waals surface area (Å²) in [5, 5.41) is 3.55. The van der Waals surface area contributed by atoms with Crippen LogP contribution in [-0.2, 0) is 26.2 Å². The van der Waals surface area contributed by atoms with Crippen molar-refractivity contribution in [3.05, 3.63) is 63.1 Å². The molecule has 10 heteroatoms. The Morgan fingerprint density at radius 2 is 1.69 bits per heavy atom. The Labute approximate surface area is 218 Å². The third-order valence-electron chi connectivity index (χ3n) is 5.64. The first-order chi connectivity index (χ1) is 16.4. The average molecular weight is 543 g/mol. The molecule has 2 amide bonds. The smallest absolute Gasteiger partial charge is 0.244 e. The topological polar surface area (TPSA) is 86.8 Å². The van der Waals surface area contributed by atoms with Gasteiger partial charge in [0.1, 0.15) is 12.6 Å².